The van der Waals surface area contributed by atoms with Crippen LogP contribution in [0.2, 0.25) is 0 Å². The molecule has 0 spiro atoms. The van der Waals surface area contributed by atoms with Crippen molar-refractivity contribution in [2.24, 2.45) is 0 Å². The number of methoxy groups -OCH3 is 1. The summed E-state index contributed by atoms with van der Waals surface area (Å²) in [4.78, 5) is 12.2. The second kappa shape index (κ2) is 8.73. The van der Waals surface area contributed by atoms with E-state index in [2.05, 4.69) is 6.92 Å². The van der Waals surface area contributed by atoms with Gasteiger partial charge in [0.2, 0.25) is 0 Å². The van der Waals surface area contributed by atoms with Crippen LogP contribution in [0, 0.1) is 11.3 Å². The fraction of sp³-hybridized carbons (Fsp3) is 0.300. The summed E-state index contributed by atoms with van der Waals surface area (Å²) in [7, 11) is 1.50. The Balaban J connectivity index is 1.99. The summed E-state index contributed by atoms with van der Waals surface area (Å²) in [6.07, 6.45) is 3.33. The molecule has 2 rings (SSSR count). The summed E-state index contributed by atoms with van der Waals surface area (Å²) in [6.45, 7) is 2.09. The molecule has 0 fully saturated rings. The second-order valence-electron chi connectivity index (χ2n) is 5.49. The number of hydrogen-bond donors (Lipinski definition) is 0. The van der Waals surface area contributed by atoms with Crippen LogP contribution in [0.4, 0.5) is 0 Å². The molecule has 0 radical (unpaired) electrons. The lowest BCUT2D eigenvalue weighted by atomic mass is 10.0. The van der Waals surface area contributed by atoms with E-state index in [1.807, 2.05) is 30.3 Å². The van der Waals surface area contributed by atoms with Gasteiger partial charge in [0, 0.05) is 11.6 Å². The zero-order chi connectivity index (χ0) is 17.4. The summed E-state index contributed by atoms with van der Waals surface area (Å²) >= 11 is 0. The first-order chi connectivity index (χ1) is 11.7. The second-order valence-corrected chi connectivity index (χ2v) is 5.49. The quantitative estimate of drug-likeness (QED) is 0.684. The van der Waals surface area contributed by atoms with E-state index in [0.29, 0.717) is 22.6 Å². The maximum Gasteiger partial charge on any atom is 0.200 e. The number of carbonyl (C=O) groups excluding carboxylic acids is 1. The van der Waals surface area contributed by atoms with E-state index in [4.69, 9.17) is 14.7 Å². The maximum absolute atomic E-state index is 12.2. The number of rotatable bonds is 8. The molecule has 124 valence electrons. The van der Waals surface area contributed by atoms with Crippen LogP contribution in [0.5, 0.6) is 11.5 Å². The topological polar surface area (TPSA) is 59.3 Å². The molecule has 0 aliphatic rings. The summed E-state index contributed by atoms with van der Waals surface area (Å²) in [5.74, 6) is 0.796. The lowest BCUT2D eigenvalue weighted by Crippen LogP contribution is -2.12. The molecule has 0 unspecified atom stereocenters. The van der Waals surface area contributed by atoms with Crippen molar-refractivity contribution in [2.75, 3.05) is 13.7 Å². The van der Waals surface area contributed by atoms with Gasteiger partial charge in [-0.1, -0.05) is 37.6 Å². The predicted molar refractivity (Wildman–Crippen MR) is 92.6 cm³/mol. The van der Waals surface area contributed by atoms with E-state index in [9.17, 15) is 4.79 Å². The van der Waals surface area contributed by atoms with E-state index in [0.717, 1.165) is 19.3 Å². The highest BCUT2D eigenvalue weighted by molar-refractivity contribution is 5.97. The Labute approximate surface area is 142 Å². The van der Waals surface area contributed by atoms with Crippen LogP contribution in [-0.4, -0.2) is 19.5 Å². The summed E-state index contributed by atoms with van der Waals surface area (Å²) in [5.41, 5.74) is 2.35. The fourth-order valence-electron chi connectivity index (χ4n) is 2.32. The third-order valence-corrected chi connectivity index (χ3v) is 3.75. The number of carbonyl (C=O) groups is 1. The summed E-state index contributed by atoms with van der Waals surface area (Å²) in [5, 5.41) is 8.89. The number of nitrogens with zero attached hydrogens (tertiary/aromatic N) is 1. The number of benzene rings is 2. The van der Waals surface area contributed by atoms with E-state index in [1.54, 1.807) is 18.2 Å². The highest BCUT2D eigenvalue weighted by Gasteiger charge is 2.10. The Morgan fingerprint density at radius 1 is 1.12 bits per heavy atom. The molecule has 24 heavy (non-hydrogen) atoms. The molecule has 2 aromatic rings. The molecule has 2 aromatic carbocycles. The molecule has 0 N–H and O–H groups in total. The monoisotopic (exact) mass is 323 g/mol. The molecular weight excluding hydrogens is 302 g/mol. The van der Waals surface area contributed by atoms with E-state index >= 15 is 0 Å². The molecular formula is C20H21NO3. The Hall–Kier alpha value is -2.80. The van der Waals surface area contributed by atoms with Crippen LogP contribution < -0.4 is 9.47 Å². The SMILES string of the molecule is CCCCc1ccc(C(=O)COc2ccc(C#N)cc2OC)cc1. The van der Waals surface area contributed by atoms with Crippen LogP contribution in [0.15, 0.2) is 42.5 Å². The smallest absolute Gasteiger partial charge is 0.200 e. The molecule has 4 nitrogen and oxygen atoms in total. The molecule has 0 saturated heterocycles. The van der Waals surface area contributed by atoms with Crippen molar-refractivity contribution in [3.8, 4) is 17.6 Å². The fourth-order valence-corrected chi connectivity index (χ4v) is 2.32. The molecule has 0 aromatic heterocycles. The number of Topliss-reactive ketones (excluding diaryl/α,β-unsaturated/α-hetero) is 1. The average molecular weight is 323 g/mol. The van der Waals surface area contributed by atoms with Gasteiger partial charge in [-0.15, -0.1) is 0 Å². The zero-order valence-corrected chi connectivity index (χ0v) is 14.0. The minimum atomic E-state index is -0.0940. The molecule has 0 atom stereocenters. The lowest BCUT2D eigenvalue weighted by Gasteiger charge is -2.10. The third kappa shape index (κ3) is 4.60. The molecule has 0 aliphatic carbocycles. The standard InChI is InChI=1S/C20H21NO3/c1-3-4-5-15-6-9-17(10-7-15)18(22)14-24-19-11-8-16(13-21)12-20(19)23-2/h6-12H,3-5,14H2,1-2H3. The van der Waals surface area contributed by atoms with Gasteiger partial charge in [-0.2, -0.15) is 5.26 Å². The van der Waals surface area contributed by atoms with Crippen molar-refractivity contribution in [1.29, 1.82) is 5.26 Å². The van der Waals surface area contributed by atoms with Crippen molar-refractivity contribution in [3.05, 3.63) is 59.2 Å². The van der Waals surface area contributed by atoms with E-state index < -0.39 is 0 Å². The summed E-state index contributed by atoms with van der Waals surface area (Å²) in [6, 6.07) is 14.6. The molecule has 0 aliphatic heterocycles. The zero-order valence-electron chi connectivity index (χ0n) is 14.0. The van der Waals surface area contributed by atoms with Gasteiger partial charge >= 0.3 is 0 Å². The predicted octanol–water partition coefficient (Wildman–Crippen LogP) is 4.17. The molecule has 0 bridgehead atoms. The van der Waals surface area contributed by atoms with Gasteiger partial charge in [0.25, 0.3) is 0 Å². The number of unbranched alkanes of at least 4 members (excludes halogenated alkanes) is 1. The lowest BCUT2D eigenvalue weighted by molar-refractivity contribution is 0.0919. The maximum atomic E-state index is 12.2. The van der Waals surface area contributed by atoms with Crippen LogP contribution in [-0.2, 0) is 6.42 Å². The van der Waals surface area contributed by atoms with Gasteiger partial charge in [-0.05, 0) is 30.5 Å². The first-order valence-electron chi connectivity index (χ1n) is 8.01. The van der Waals surface area contributed by atoms with E-state index in [1.165, 1.54) is 12.7 Å². The van der Waals surface area contributed by atoms with Gasteiger partial charge in [-0.25, -0.2) is 0 Å². The minimum Gasteiger partial charge on any atom is -0.493 e. The van der Waals surface area contributed by atoms with Crippen LogP contribution in [0.25, 0.3) is 0 Å². The number of hydrogen-bond acceptors (Lipinski definition) is 4. The molecule has 4 heteroatoms. The number of ether oxygens (including phenoxy) is 2. The molecule has 0 heterocycles. The van der Waals surface area contributed by atoms with Crippen LogP contribution in [0.1, 0.15) is 41.3 Å². The molecule has 0 amide bonds. The van der Waals surface area contributed by atoms with Crippen molar-refractivity contribution in [1.82, 2.24) is 0 Å². The first-order valence-corrected chi connectivity index (χ1v) is 8.01. The van der Waals surface area contributed by atoms with Crippen molar-refractivity contribution in [3.63, 3.8) is 0 Å². The Morgan fingerprint density at radius 3 is 2.50 bits per heavy atom. The number of ketones is 1. The van der Waals surface area contributed by atoms with Crippen LogP contribution >= 0.6 is 0 Å². The van der Waals surface area contributed by atoms with Gasteiger partial charge in [0.15, 0.2) is 23.9 Å². The van der Waals surface area contributed by atoms with Gasteiger partial charge in [0.1, 0.15) is 0 Å². The van der Waals surface area contributed by atoms with Crippen LogP contribution in [0.3, 0.4) is 0 Å². The first kappa shape index (κ1) is 17.6. The largest absolute Gasteiger partial charge is 0.493 e. The number of aryl methyl sites for hydroxylation is 1. The average Bonchev–Trinajstić information content (AvgIpc) is 2.64. The Bertz CT molecular complexity index is 730. The van der Waals surface area contributed by atoms with Crippen molar-refractivity contribution in [2.45, 2.75) is 26.2 Å². The molecule has 0 saturated carbocycles. The van der Waals surface area contributed by atoms with Gasteiger partial charge in [-0.3, -0.25) is 4.79 Å². The van der Waals surface area contributed by atoms with E-state index in [-0.39, 0.29) is 12.4 Å². The van der Waals surface area contributed by atoms with Gasteiger partial charge < -0.3 is 9.47 Å². The third-order valence-electron chi connectivity index (χ3n) is 3.75. The highest BCUT2D eigenvalue weighted by atomic mass is 16.5. The normalized spacial score (nSPS) is 10.0. The van der Waals surface area contributed by atoms with Gasteiger partial charge in [0.05, 0.1) is 18.7 Å². The van der Waals surface area contributed by atoms with Crippen molar-refractivity contribution >= 4 is 5.78 Å². The summed E-state index contributed by atoms with van der Waals surface area (Å²) < 4.78 is 10.7. The number of nitriles is 1. The Morgan fingerprint density at radius 2 is 1.88 bits per heavy atom. The van der Waals surface area contributed by atoms with Crippen molar-refractivity contribution < 1.29 is 14.3 Å². The highest BCUT2D eigenvalue weighted by Crippen LogP contribution is 2.27. The minimum absolute atomic E-state index is 0.0729. The Kier molecular flexibility index (Phi) is 6.39.